The van der Waals surface area contributed by atoms with E-state index in [0.29, 0.717) is 31.9 Å². The number of nitrogens with zero attached hydrogens (tertiary/aromatic N) is 2. The first-order chi connectivity index (χ1) is 26.4. The highest BCUT2D eigenvalue weighted by molar-refractivity contribution is 9.10. The van der Waals surface area contributed by atoms with Crippen LogP contribution in [0.5, 0.6) is 28.7 Å². The molecule has 0 aromatic heterocycles. The van der Waals surface area contributed by atoms with Gasteiger partial charge < -0.3 is 44.7 Å². The van der Waals surface area contributed by atoms with Crippen LogP contribution in [0.25, 0.3) is 0 Å². The molecule has 15 heteroatoms. The van der Waals surface area contributed by atoms with E-state index in [9.17, 15) is 19.2 Å². The maximum absolute atomic E-state index is 14.1. The number of carbonyl (C=O) groups excluding carboxylic acids is 4. The fourth-order valence-corrected chi connectivity index (χ4v) is 5.96. The molecule has 2 aliphatic rings. The summed E-state index contributed by atoms with van der Waals surface area (Å²) in [5.74, 6) is -5.40. The molecule has 1 fully saturated rings. The van der Waals surface area contributed by atoms with Gasteiger partial charge in [-0.15, -0.1) is 12.4 Å². The van der Waals surface area contributed by atoms with Gasteiger partial charge >= 0.3 is 0 Å². The summed E-state index contributed by atoms with van der Waals surface area (Å²) in [6, 6.07) is 7.29. The molecular weight excluding hydrogens is 722 g/mol. The standard InChI is InChI=1S/C34H38BrN5O8.ClH/c1-18-11-19(2)13-20(12-18)48-26-14-21-23(36-34(44)25(38-32(21)42)17-28(41)40-9-7-39(3)8-10-40)16-24(26)37-33(43)22-15-27(45-4)30(46-5)31(47-6)29(22)35;/h11-16,25H,7-10,17H2,1-6H3,(H,36,44)(H,37,43)(H,38,42);1H/i4D3,5D3,6D3;. The van der Waals surface area contributed by atoms with Gasteiger partial charge in [-0.25, -0.2) is 0 Å². The van der Waals surface area contributed by atoms with Crippen LogP contribution in [0.15, 0.2) is 40.9 Å². The number of halogens is 2. The Kier molecular flexibility index (Phi) is 8.49. The van der Waals surface area contributed by atoms with Gasteiger partial charge in [0, 0.05) is 26.2 Å². The Balaban J connectivity index is 0.00000744. The summed E-state index contributed by atoms with van der Waals surface area (Å²) in [5.41, 5.74) is 0.801. The second-order valence-electron chi connectivity index (χ2n) is 11.4. The van der Waals surface area contributed by atoms with Crippen LogP contribution < -0.4 is 34.9 Å². The van der Waals surface area contributed by atoms with E-state index in [1.807, 2.05) is 27.0 Å². The van der Waals surface area contributed by atoms with Gasteiger partial charge in [-0.05, 0) is 78.3 Å². The zero-order valence-electron chi connectivity index (χ0n) is 35.5. The third-order valence-corrected chi connectivity index (χ3v) is 8.64. The Morgan fingerprint density at radius 3 is 2.29 bits per heavy atom. The molecule has 1 atom stereocenters. The number of aryl methyl sites for hydroxylation is 2. The fraction of sp³-hybridized carbons (Fsp3) is 0.353. The van der Waals surface area contributed by atoms with Crippen LogP contribution >= 0.6 is 28.3 Å². The number of methoxy groups -OCH3 is 3. The van der Waals surface area contributed by atoms with Gasteiger partial charge in [0.15, 0.2) is 17.2 Å². The van der Waals surface area contributed by atoms with Crippen molar-refractivity contribution in [2.45, 2.75) is 26.3 Å². The number of hydrogen-bond acceptors (Lipinski definition) is 9. The smallest absolute Gasteiger partial charge is 0.257 e. The zero-order chi connectivity index (χ0) is 42.2. The Labute approximate surface area is 311 Å². The number of piperazine rings is 1. The van der Waals surface area contributed by atoms with Gasteiger partial charge in [0.05, 0.1) is 66.8 Å². The normalized spacial score (nSPS) is 19.4. The molecule has 3 N–H and O–H groups in total. The molecule has 0 spiro atoms. The zero-order valence-corrected chi connectivity index (χ0v) is 28.9. The van der Waals surface area contributed by atoms with Gasteiger partial charge in [0.25, 0.3) is 11.8 Å². The van der Waals surface area contributed by atoms with E-state index >= 15 is 0 Å². The number of likely N-dealkylation sites (N-methyl/N-ethyl adjacent to an activating group) is 1. The van der Waals surface area contributed by atoms with E-state index in [-0.39, 0.29) is 47.4 Å². The van der Waals surface area contributed by atoms with Gasteiger partial charge in [0.1, 0.15) is 11.8 Å². The van der Waals surface area contributed by atoms with Gasteiger partial charge in [-0.1, -0.05) is 6.07 Å². The van der Waals surface area contributed by atoms with Crippen molar-refractivity contribution in [3.05, 3.63) is 63.1 Å². The summed E-state index contributed by atoms with van der Waals surface area (Å²) >= 11 is 3.08. The Bertz CT molecular complexity index is 2070. The predicted octanol–water partition coefficient (Wildman–Crippen LogP) is 4.77. The van der Waals surface area contributed by atoms with Crippen LogP contribution in [0.1, 0.15) is 50.6 Å². The fourth-order valence-electron chi connectivity index (χ4n) is 5.41. The summed E-state index contributed by atoms with van der Waals surface area (Å²) in [6.45, 7) is 5.85. The second kappa shape index (κ2) is 15.8. The van der Waals surface area contributed by atoms with Crippen molar-refractivity contribution < 1.29 is 50.5 Å². The first-order valence-corrected chi connectivity index (χ1v) is 15.4. The van der Waals surface area contributed by atoms with E-state index in [1.165, 1.54) is 12.1 Å². The lowest BCUT2D eigenvalue weighted by molar-refractivity contribution is -0.135. The number of fused-ring (bicyclic) bond motifs is 1. The van der Waals surface area contributed by atoms with Crippen molar-refractivity contribution in [1.29, 1.82) is 0 Å². The van der Waals surface area contributed by atoms with Crippen LogP contribution in [-0.2, 0) is 9.59 Å². The molecule has 0 radical (unpaired) electrons. The molecular formula is C34H39BrClN5O8. The minimum atomic E-state index is -3.27. The molecule has 0 saturated carbocycles. The highest BCUT2D eigenvalue weighted by Gasteiger charge is 2.33. The first-order valence-electron chi connectivity index (χ1n) is 19.1. The number of hydrogen-bond donors (Lipinski definition) is 3. The minimum Gasteiger partial charge on any atom is -0.493 e. The van der Waals surface area contributed by atoms with Crippen LogP contribution in [0.3, 0.4) is 0 Å². The van der Waals surface area contributed by atoms with Gasteiger partial charge in [0.2, 0.25) is 17.6 Å². The van der Waals surface area contributed by atoms with Crippen molar-refractivity contribution >= 4 is 63.3 Å². The topological polar surface area (TPSA) is 148 Å². The van der Waals surface area contributed by atoms with Crippen molar-refractivity contribution in [1.82, 2.24) is 15.1 Å². The molecule has 2 aliphatic heterocycles. The number of rotatable bonds is 9. The summed E-state index contributed by atoms with van der Waals surface area (Å²) < 4.78 is 89.1. The monoisotopic (exact) mass is 768 g/mol. The lowest BCUT2D eigenvalue weighted by atomic mass is 10.1. The van der Waals surface area contributed by atoms with Crippen LogP contribution in [0.4, 0.5) is 11.4 Å². The molecule has 5 rings (SSSR count). The quantitative estimate of drug-likeness (QED) is 0.280. The molecule has 49 heavy (non-hydrogen) atoms. The number of ether oxygens (including phenoxy) is 4. The average molecular weight is 770 g/mol. The SMILES string of the molecule is Cl.[2H]C([2H])([2H])Oc1cc(C(=O)Nc2cc3c(cc2Oc2cc(C)cc(C)c2)C(=O)NC(CC(=O)N2CCN(C)CC2)C(=O)N3)c(Br)c(OC([2H])([2H])[2H])c1OC([2H])([2H])[2H]. The van der Waals surface area contributed by atoms with Crippen LogP contribution in [0, 0.1) is 13.8 Å². The predicted molar refractivity (Wildman–Crippen MR) is 190 cm³/mol. The van der Waals surface area contributed by atoms with Crippen molar-refractivity contribution in [2.24, 2.45) is 0 Å². The molecule has 1 saturated heterocycles. The molecule has 3 aromatic rings. The third-order valence-electron chi connectivity index (χ3n) is 7.85. The number of carbonyl (C=O) groups is 4. The lowest BCUT2D eigenvalue weighted by Crippen LogP contribution is -2.50. The highest BCUT2D eigenvalue weighted by Crippen LogP contribution is 2.45. The van der Waals surface area contributed by atoms with Crippen molar-refractivity contribution in [3.63, 3.8) is 0 Å². The average Bonchev–Trinajstić information content (AvgIpc) is 3.16. The first kappa shape index (κ1) is 26.4. The summed E-state index contributed by atoms with van der Waals surface area (Å²) in [7, 11) is -7.85. The molecule has 4 amide bonds. The summed E-state index contributed by atoms with van der Waals surface area (Å²) in [6.07, 6.45) is -0.318. The molecule has 2 heterocycles. The molecule has 262 valence electrons. The van der Waals surface area contributed by atoms with Crippen molar-refractivity contribution in [3.8, 4) is 28.7 Å². The number of anilines is 2. The molecule has 1 unspecified atom stereocenters. The van der Waals surface area contributed by atoms with Crippen LogP contribution in [-0.4, -0.2) is 93.8 Å². The lowest BCUT2D eigenvalue weighted by Gasteiger charge is -2.33. The van der Waals surface area contributed by atoms with Crippen LogP contribution in [0.2, 0.25) is 0 Å². The molecule has 13 nitrogen and oxygen atoms in total. The minimum absolute atomic E-state index is 0. The Morgan fingerprint density at radius 1 is 0.939 bits per heavy atom. The maximum atomic E-state index is 14.1. The van der Waals surface area contributed by atoms with E-state index in [4.69, 9.17) is 31.3 Å². The molecule has 0 aliphatic carbocycles. The van der Waals surface area contributed by atoms with Crippen molar-refractivity contribution in [2.75, 3.05) is 65.0 Å². The van der Waals surface area contributed by atoms with E-state index in [2.05, 4.69) is 36.8 Å². The van der Waals surface area contributed by atoms with Gasteiger partial charge in [-0.3, -0.25) is 19.2 Å². The second-order valence-corrected chi connectivity index (χ2v) is 12.2. The summed E-state index contributed by atoms with van der Waals surface area (Å²) in [4.78, 5) is 58.1. The third kappa shape index (κ3) is 8.20. The molecule has 0 bridgehead atoms. The Morgan fingerprint density at radius 2 is 1.61 bits per heavy atom. The van der Waals surface area contributed by atoms with E-state index in [0.717, 1.165) is 17.2 Å². The number of benzene rings is 3. The number of amides is 4. The Hall–Kier alpha value is -4.53. The number of nitrogens with one attached hydrogen (secondary N) is 3. The van der Waals surface area contributed by atoms with E-state index in [1.54, 1.807) is 17.0 Å². The largest absolute Gasteiger partial charge is 0.493 e. The highest BCUT2D eigenvalue weighted by atomic mass is 79.9. The maximum Gasteiger partial charge on any atom is 0.257 e. The van der Waals surface area contributed by atoms with Gasteiger partial charge in [-0.2, -0.15) is 0 Å². The molecule has 3 aromatic carbocycles. The summed E-state index contributed by atoms with van der Waals surface area (Å²) in [5, 5.41) is 7.82. The van der Waals surface area contributed by atoms with E-state index < -0.39 is 72.2 Å².